The second kappa shape index (κ2) is 8.56. The maximum absolute atomic E-state index is 13.7. The van der Waals surface area contributed by atoms with Crippen molar-refractivity contribution in [3.8, 4) is 5.69 Å². The molecule has 168 valence electrons. The van der Waals surface area contributed by atoms with Crippen LogP contribution in [0, 0.1) is 0 Å². The maximum atomic E-state index is 13.7. The van der Waals surface area contributed by atoms with Gasteiger partial charge in [0.15, 0.2) is 0 Å². The molecule has 0 radical (unpaired) electrons. The summed E-state index contributed by atoms with van der Waals surface area (Å²) in [5, 5.41) is 3.95. The van der Waals surface area contributed by atoms with Crippen molar-refractivity contribution in [2.75, 3.05) is 13.6 Å². The predicted octanol–water partition coefficient (Wildman–Crippen LogP) is 4.31. The van der Waals surface area contributed by atoms with E-state index in [1.54, 1.807) is 27.7 Å². The molecule has 0 saturated carbocycles. The first-order valence-corrected chi connectivity index (χ1v) is 11.0. The summed E-state index contributed by atoms with van der Waals surface area (Å²) in [4.78, 5) is 33.3. The van der Waals surface area contributed by atoms with E-state index >= 15 is 0 Å². The quantitative estimate of drug-likeness (QED) is 0.638. The van der Waals surface area contributed by atoms with Crippen LogP contribution in [0.1, 0.15) is 39.1 Å². The second-order valence-corrected chi connectivity index (χ2v) is 9.36. The number of nitrogens with zero attached hydrogens (tertiary/aromatic N) is 3. The number of carbonyl (C=O) groups excluding carboxylic acids is 1. The number of rotatable bonds is 3. The largest absolute Gasteiger partial charge is 0.444 e. The van der Waals surface area contributed by atoms with Crippen LogP contribution in [-0.2, 0) is 4.74 Å². The van der Waals surface area contributed by atoms with Gasteiger partial charge in [-0.1, -0.05) is 35.9 Å². The highest BCUT2D eigenvalue weighted by molar-refractivity contribution is 6.35. The smallest absolute Gasteiger partial charge is 0.410 e. The lowest BCUT2D eigenvalue weighted by Crippen LogP contribution is -2.40. The molecule has 1 amide bonds. The highest BCUT2D eigenvalue weighted by Gasteiger charge is 2.40. The van der Waals surface area contributed by atoms with E-state index in [2.05, 4.69) is 5.32 Å². The van der Waals surface area contributed by atoms with Crippen LogP contribution in [0.2, 0.25) is 5.02 Å². The van der Waals surface area contributed by atoms with Gasteiger partial charge in [-0.25, -0.2) is 9.78 Å². The summed E-state index contributed by atoms with van der Waals surface area (Å²) in [6, 6.07) is 14.1. The van der Waals surface area contributed by atoms with E-state index < -0.39 is 17.7 Å². The van der Waals surface area contributed by atoms with Crippen LogP contribution in [-0.4, -0.2) is 45.8 Å². The van der Waals surface area contributed by atoms with Gasteiger partial charge in [-0.15, -0.1) is 0 Å². The molecule has 1 fully saturated rings. The van der Waals surface area contributed by atoms with Crippen LogP contribution in [0.4, 0.5) is 4.79 Å². The molecular weight excluding hydrogens is 428 g/mol. The fraction of sp³-hybridized carbons (Fsp3) is 0.375. The molecule has 1 saturated heterocycles. The van der Waals surface area contributed by atoms with Gasteiger partial charge in [0.2, 0.25) is 0 Å². The van der Waals surface area contributed by atoms with Gasteiger partial charge in [0.1, 0.15) is 11.4 Å². The summed E-state index contributed by atoms with van der Waals surface area (Å²) in [5.41, 5.74) is 0.266. The van der Waals surface area contributed by atoms with E-state index in [-0.39, 0.29) is 11.6 Å². The maximum Gasteiger partial charge on any atom is 0.410 e. The van der Waals surface area contributed by atoms with Crippen LogP contribution in [0.15, 0.2) is 53.3 Å². The molecule has 1 N–H and O–H groups in total. The number of likely N-dealkylation sites (N-methyl/N-ethyl adjacent to an activating group) is 1. The standard InChI is InChI=1S/C24H27ClN4O3/c1-24(2,3)32-23(31)28-14-15(26-4)13-19(28)21-27-18-12-8-11-17(25)20(18)22(30)29(21)16-9-6-5-7-10-16/h5-12,15,19,26H,13-14H2,1-4H3. The molecule has 0 aliphatic carbocycles. The highest BCUT2D eigenvalue weighted by atomic mass is 35.5. The number of aromatic nitrogens is 2. The molecule has 2 atom stereocenters. The molecule has 3 aromatic rings. The summed E-state index contributed by atoms with van der Waals surface area (Å²) >= 11 is 6.38. The topological polar surface area (TPSA) is 76.5 Å². The van der Waals surface area contributed by atoms with Gasteiger partial charge in [0.25, 0.3) is 5.56 Å². The number of amides is 1. The Balaban J connectivity index is 1.94. The number of ether oxygens (including phenoxy) is 1. The third-order valence-corrected chi connectivity index (χ3v) is 5.84. The van der Waals surface area contributed by atoms with Crippen molar-refractivity contribution in [3.05, 3.63) is 69.7 Å². The first-order valence-electron chi connectivity index (χ1n) is 10.6. The van der Waals surface area contributed by atoms with Gasteiger partial charge in [0.05, 0.1) is 27.7 Å². The molecule has 2 heterocycles. The Bertz CT molecular complexity index is 1200. The van der Waals surface area contributed by atoms with Crippen molar-refractivity contribution < 1.29 is 9.53 Å². The molecule has 32 heavy (non-hydrogen) atoms. The lowest BCUT2D eigenvalue weighted by molar-refractivity contribution is 0.0214. The Morgan fingerprint density at radius 2 is 1.88 bits per heavy atom. The van der Waals surface area contributed by atoms with Gasteiger partial charge in [-0.3, -0.25) is 14.3 Å². The Kier molecular flexibility index (Phi) is 5.97. The van der Waals surface area contributed by atoms with Crippen LogP contribution >= 0.6 is 11.6 Å². The molecule has 1 aromatic heterocycles. The van der Waals surface area contributed by atoms with Crippen molar-refractivity contribution in [1.29, 1.82) is 0 Å². The SMILES string of the molecule is CNC1CC(c2nc3cccc(Cl)c3c(=O)n2-c2ccccc2)N(C(=O)OC(C)(C)C)C1. The lowest BCUT2D eigenvalue weighted by atomic mass is 10.1. The first-order chi connectivity index (χ1) is 15.2. The predicted molar refractivity (Wildman–Crippen MR) is 125 cm³/mol. The number of hydrogen-bond donors (Lipinski definition) is 1. The lowest BCUT2D eigenvalue weighted by Gasteiger charge is -2.29. The van der Waals surface area contributed by atoms with E-state index in [1.165, 1.54) is 0 Å². The zero-order valence-corrected chi connectivity index (χ0v) is 19.4. The van der Waals surface area contributed by atoms with Gasteiger partial charge < -0.3 is 10.1 Å². The molecule has 2 unspecified atom stereocenters. The minimum Gasteiger partial charge on any atom is -0.444 e. The van der Waals surface area contributed by atoms with Gasteiger partial charge >= 0.3 is 6.09 Å². The van der Waals surface area contributed by atoms with Crippen LogP contribution in [0.25, 0.3) is 16.6 Å². The van der Waals surface area contributed by atoms with Gasteiger partial charge in [0, 0.05) is 12.6 Å². The summed E-state index contributed by atoms with van der Waals surface area (Å²) < 4.78 is 7.24. The molecule has 4 rings (SSSR count). The molecule has 8 heteroatoms. The summed E-state index contributed by atoms with van der Waals surface area (Å²) in [6.45, 7) is 5.96. The average molecular weight is 455 g/mol. The second-order valence-electron chi connectivity index (χ2n) is 8.95. The van der Waals surface area contributed by atoms with Gasteiger partial charge in [-0.05, 0) is 58.5 Å². The first kappa shape index (κ1) is 22.3. The number of fused-ring (bicyclic) bond motifs is 1. The third-order valence-electron chi connectivity index (χ3n) is 5.52. The zero-order valence-electron chi connectivity index (χ0n) is 18.6. The molecule has 2 aromatic carbocycles. The fourth-order valence-corrected chi connectivity index (χ4v) is 4.32. The Morgan fingerprint density at radius 3 is 2.53 bits per heavy atom. The van der Waals surface area contributed by atoms with E-state index in [0.29, 0.717) is 40.4 Å². The van der Waals surface area contributed by atoms with Crippen molar-refractivity contribution in [1.82, 2.24) is 19.8 Å². The van der Waals surface area contributed by atoms with Crippen LogP contribution in [0.5, 0.6) is 0 Å². The van der Waals surface area contributed by atoms with Crippen molar-refractivity contribution in [3.63, 3.8) is 0 Å². The molecular formula is C24H27ClN4O3. The van der Waals surface area contributed by atoms with Crippen LogP contribution < -0.4 is 10.9 Å². The molecule has 1 aliphatic rings. The number of benzene rings is 2. The van der Waals surface area contributed by atoms with E-state index in [4.69, 9.17) is 21.3 Å². The fourth-order valence-electron chi connectivity index (χ4n) is 4.07. The molecule has 0 bridgehead atoms. The number of halogens is 1. The third kappa shape index (κ3) is 4.23. The van der Waals surface area contributed by atoms with Crippen molar-refractivity contribution in [2.45, 2.75) is 44.9 Å². The zero-order chi connectivity index (χ0) is 23.0. The molecule has 1 aliphatic heterocycles. The van der Waals surface area contributed by atoms with Crippen LogP contribution in [0.3, 0.4) is 0 Å². The monoisotopic (exact) mass is 454 g/mol. The summed E-state index contributed by atoms with van der Waals surface area (Å²) in [7, 11) is 1.86. The normalized spacial score (nSPS) is 18.8. The molecule has 7 nitrogen and oxygen atoms in total. The minimum atomic E-state index is -0.636. The Morgan fingerprint density at radius 1 is 1.16 bits per heavy atom. The number of nitrogens with one attached hydrogen (secondary N) is 1. The highest BCUT2D eigenvalue weighted by Crippen LogP contribution is 2.34. The van der Waals surface area contributed by atoms with Crippen molar-refractivity contribution in [2.24, 2.45) is 0 Å². The Hall–Kier alpha value is -2.90. The summed E-state index contributed by atoms with van der Waals surface area (Å²) in [6.07, 6.45) is 0.168. The average Bonchev–Trinajstić information content (AvgIpc) is 3.17. The number of carbonyl (C=O) groups is 1. The Labute approximate surface area is 192 Å². The number of para-hydroxylation sites is 1. The van der Waals surface area contributed by atoms with E-state index in [9.17, 15) is 9.59 Å². The van der Waals surface area contributed by atoms with Gasteiger partial charge in [-0.2, -0.15) is 0 Å². The van der Waals surface area contributed by atoms with Crippen molar-refractivity contribution >= 4 is 28.6 Å². The molecule has 0 spiro atoms. The number of likely N-dealkylation sites (tertiary alicyclic amines) is 1. The summed E-state index contributed by atoms with van der Waals surface area (Å²) in [5.74, 6) is 0.486. The van der Waals surface area contributed by atoms with E-state index in [1.807, 2.05) is 58.2 Å². The van der Waals surface area contributed by atoms with E-state index in [0.717, 1.165) is 0 Å². The minimum absolute atomic E-state index is 0.0451. The number of hydrogen-bond acceptors (Lipinski definition) is 5.